The van der Waals surface area contributed by atoms with Gasteiger partial charge in [-0.2, -0.15) is 4.39 Å². The van der Waals surface area contributed by atoms with Crippen LogP contribution in [0.5, 0.6) is 0 Å². The van der Waals surface area contributed by atoms with E-state index in [1.54, 1.807) is 0 Å². The summed E-state index contributed by atoms with van der Waals surface area (Å²) in [5.74, 6) is 0. The zero-order valence-electron chi connectivity index (χ0n) is 3.64. The molecule has 1 aliphatic rings. The van der Waals surface area contributed by atoms with E-state index in [0.717, 1.165) is 0 Å². The van der Waals surface area contributed by atoms with Gasteiger partial charge in [-0.1, -0.05) is 0 Å². The molecule has 46 valence electrons. The van der Waals surface area contributed by atoms with Crippen molar-refractivity contribution in [1.82, 2.24) is 0 Å². The summed E-state index contributed by atoms with van der Waals surface area (Å²) in [6.07, 6.45) is -2.06. The quantitative estimate of drug-likeness (QED) is 0.476. The molecule has 2 unspecified atom stereocenters. The highest BCUT2D eigenvalue weighted by atomic mass is 32.2. The van der Waals surface area contributed by atoms with Crippen molar-refractivity contribution in [3.8, 4) is 0 Å². The highest BCUT2D eigenvalue weighted by Crippen LogP contribution is 2.29. The molecular weight excluding hydrogens is 138 g/mol. The van der Waals surface area contributed by atoms with Crippen molar-refractivity contribution >= 4 is 17.1 Å². The van der Waals surface area contributed by atoms with Gasteiger partial charge >= 0.3 is 5.30 Å². The van der Waals surface area contributed by atoms with Gasteiger partial charge in [-0.05, 0) is 0 Å². The first-order valence-electron chi connectivity index (χ1n) is 1.85. The van der Waals surface area contributed by atoms with Crippen LogP contribution in [-0.2, 0) is 4.74 Å². The third kappa shape index (κ3) is 0.912. The lowest BCUT2D eigenvalue weighted by molar-refractivity contribution is 0.0124. The first-order chi connectivity index (χ1) is 3.70. The minimum Gasteiger partial charge on any atom is -0.419 e. The topological polar surface area (TPSA) is 26.3 Å². The molecule has 1 saturated heterocycles. The highest BCUT2D eigenvalue weighted by Gasteiger charge is 2.35. The summed E-state index contributed by atoms with van der Waals surface area (Å²) in [5.41, 5.74) is -1.83. The second-order valence-corrected chi connectivity index (χ2v) is 2.21. The smallest absolute Gasteiger partial charge is 0.373 e. The van der Waals surface area contributed by atoms with Crippen molar-refractivity contribution in [1.29, 1.82) is 0 Å². The molecule has 1 fully saturated rings. The summed E-state index contributed by atoms with van der Waals surface area (Å²) in [5, 5.41) is -0.884. The van der Waals surface area contributed by atoms with E-state index in [0.29, 0.717) is 0 Å². The van der Waals surface area contributed by atoms with Gasteiger partial charge in [-0.3, -0.25) is 0 Å². The molecule has 0 aromatic carbocycles. The fourth-order valence-corrected chi connectivity index (χ4v) is 0.812. The van der Waals surface area contributed by atoms with E-state index in [1.807, 2.05) is 0 Å². The number of carbonyl (C=O) groups excluding carboxylic acids is 1. The molecule has 0 amide bonds. The number of carbonyl (C=O) groups is 1. The summed E-state index contributed by atoms with van der Waals surface area (Å²) >= 11 is 0.226. The van der Waals surface area contributed by atoms with Crippen LogP contribution >= 0.6 is 11.8 Å². The zero-order valence-corrected chi connectivity index (χ0v) is 4.45. The average Bonchev–Trinajstić information content (AvgIpc) is 1.85. The van der Waals surface area contributed by atoms with Crippen LogP contribution in [0.2, 0.25) is 0 Å². The predicted molar refractivity (Wildman–Crippen MR) is 23.9 cm³/mol. The number of rotatable bonds is 0. The number of hydrogen-bond donors (Lipinski definition) is 0. The van der Waals surface area contributed by atoms with Gasteiger partial charge in [0.15, 0.2) is 0 Å². The molecule has 1 aliphatic heterocycles. The van der Waals surface area contributed by atoms with Crippen molar-refractivity contribution in [2.45, 2.75) is 11.9 Å². The van der Waals surface area contributed by atoms with Gasteiger partial charge in [0.1, 0.15) is 0 Å². The second-order valence-electron chi connectivity index (χ2n) is 1.19. The molecule has 0 bridgehead atoms. The van der Waals surface area contributed by atoms with Crippen LogP contribution in [0.1, 0.15) is 0 Å². The Kier molecular flexibility index (Phi) is 1.37. The third-order valence-corrected chi connectivity index (χ3v) is 1.35. The zero-order chi connectivity index (χ0) is 6.15. The van der Waals surface area contributed by atoms with Gasteiger partial charge in [-0.25, -0.2) is 9.18 Å². The van der Waals surface area contributed by atoms with Crippen molar-refractivity contribution < 1.29 is 18.3 Å². The van der Waals surface area contributed by atoms with Crippen LogP contribution < -0.4 is 0 Å². The third-order valence-electron chi connectivity index (χ3n) is 0.624. The monoisotopic (exact) mass is 140 g/mol. The minimum atomic E-state index is -2.06. The maximum absolute atomic E-state index is 11.8. The first-order valence-corrected chi connectivity index (χ1v) is 2.73. The molecule has 5 heteroatoms. The number of alkyl halides is 2. The van der Waals surface area contributed by atoms with Crippen molar-refractivity contribution in [2.24, 2.45) is 0 Å². The van der Waals surface area contributed by atoms with E-state index < -0.39 is 17.2 Å². The molecule has 0 aromatic heterocycles. The molecule has 1 heterocycles. The van der Waals surface area contributed by atoms with Crippen LogP contribution in [0.4, 0.5) is 13.6 Å². The van der Waals surface area contributed by atoms with Crippen LogP contribution in [-0.4, -0.2) is 17.2 Å². The van der Waals surface area contributed by atoms with Gasteiger partial charge < -0.3 is 4.74 Å². The Morgan fingerprint density at radius 1 is 1.62 bits per heavy atom. The molecule has 2 nitrogen and oxygen atoms in total. The van der Waals surface area contributed by atoms with Crippen molar-refractivity contribution in [3.05, 3.63) is 0 Å². The Morgan fingerprint density at radius 3 is 2.38 bits per heavy atom. The largest absolute Gasteiger partial charge is 0.419 e. The van der Waals surface area contributed by atoms with Crippen molar-refractivity contribution in [2.75, 3.05) is 0 Å². The lowest BCUT2D eigenvalue weighted by atomic mass is 10.8. The number of ether oxygens (including phenoxy) is 1. The normalized spacial score (nSPS) is 37.5. The van der Waals surface area contributed by atoms with E-state index in [9.17, 15) is 13.6 Å². The SMILES string of the molecule is O=C1OC(F)C(F)S1. The van der Waals surface area contributed by atoms with Crippen LogP contribution in [0.25, 0.3) is 0 Å². The van der Waals surface area contributed by atoms with E-state index in [1.165, 1.54) is 0 Å². The van der Waals surface area contributed by atoms with Crippen LogP contribution in [0.3, 0.4) is 0 Å². The van der Waals surface area contributed by atoms with Gasteiger partial charge in [-0.15, -0.1) is 0 Å². The lowest BCUT2D eigenvalue weighted by Crippen LogP contribution is -2.07. The maximum Gasteiger partial charge on any atom is 0.373 e. The molecule has 0 aliphatic carbocycles. The fraction of sp³-hybridized carbons (Fsp3) is 0.667. The molecule has 1 rings (SSSR count). The average molecular weight is 140 g/mol. The summed E-state index contributed by atoms with van der Waals surface area (Å²) in [6.45, 7) is 0. The fourth-order valence-electron chi connectivity index (χ4n) is 0.319. The lowest BCUT2D eigenvalue weighted by Gasteiger charge is -1.94. The van der Waals surface area contributed by atoms with E-state index in [2.05, 4.69) is 4.74 Å². The Hall–Kier alpha value is -0.320. The molecular formula is C3H2F2O2S. The number of halogens is 2. The molecule has 0 spiro atoms. The number of hydrogen-bond acceptors (Lipinski definition) is 3. The van der Waals surface area contributed by atoms with E-state index >= 15 is 0 Å². The van der Waals surface area contributed by atoms with E-state index in [-0.39, 0.29) is 11.8 Å². The second kappa shape index (κ2) is 1.89. The predicted octanol–water partition coefficient (Wildman–Crippen LogP) is 1.46. The summed E-state index contributed by atoms with van der Waals surface area (Å²) < 4.78 is 27.3. The van der Waals surface area contributed by atoms with Crippen LogP contribution in [0.15, 0.2) is 0 Å². The molecule has 0 saturated carbocycles. The van der Waals surface area contributed by atoms with Gasteiger partial charge in [0.25, 0.3) is 6.36 Å². The number of thioether (sulfide) groups is 1. The maximum atomic E-state index is 11.8. The molecule has 0 radical (unpaired) electrons. The Labute approximate surface area is 48.2 Å². The molecule has 0 N–H and O–H groups in total. The van der Waals surface area contributed by atoms with Gasteiger partial charge in [0.05, 0.1) is 0 Å². The Bertz CT molecular complexity index is 106. The first kappa shape index (κ1) is 5.81. The Balaban J connectivity index is 2.51. The van der Waals surface area contributed by atoms with Crippen molar-refractivity contribution in [3.63, 3.8) is 0 Å². The standard InChI is InChI=1S/C3H2F2O2S/c4-1-2(5)8-3(6)7-1/h1-2H. The summed E-state index contributed by atoms with van der Waals surface area (Å²) in [4.78, 5) is 9.92. The summed E-state index contributed by atoms with van der Waals surface area (Å²) in [6, 6.07) is 0. The van der Waals surface area contributed by atoms with Crippen LogP contribution in [0, 0.1) is 0 Å². The molecule has 0 aromatic rings. The highest BCUT2D eigenvalue weighted by molar-refractivity contribution is 8.14. The Morgan fingerprint density at radius 2 is 2.25 bits per heavy atom. The van der Waals surface area contributed by atoms with E-state index in [4.69, 9.17) is 0 Å². The summed E-state index contributed by atoms with van der Waals surface area (Å²) in [7, 11) is 0. The molecule has 2 atom stereocenters. The molecule has 8 heavy (non-hydrogen) atoms. The number of cyclic esters (lactones) is 1. The minimum absolute atomic E-state index is 0.226. The van der Waals surface area contributed by atoms with Gasteiger partial charge in [0.2, 0.25) is 5.50 Å². The van der Waals surface area contributed by atoms with Gasteiger partial charge in [0, 0.05) is 11.8 Å².